The van der Waals surface area contributed by atoms with Crippen molar-refractivity contribution < 1.29 is 18.9 Å². The zero-order chi connectivity index (χ0) is 20.2. The number of aliphatic imine (C=N–C) groups is 1. The Morgan fingerprint density at radius 1 is 1.00 bits per heavy atom. The first-order valence-corrected chi connectivity index (χ1v) is 8.92. The summed E-state index contributed by atoms with van der Waals surface area (Å²) < 4.78 is 21.3. The molecule has 2 rings (SSSR count). The molecule has 0 saturated carbocycles. The predicted octanol–water partition coefficient (Wildman–Crippen LogP) is 2.61. The topological polar surface area (TPSA) is 86.2 Å². The number of hydrogen-bond donors (Lipinski definition) is 2. The van der Waals surface area contributed by atoms with E-state index in [0.29, 0.717) is 49.6 Å². The molecule has 0 fully saturated rings. The van der Waals surface area contributed by atoms with Crippen LogP contribution in [0.1, 0.15) is 11.1 Å². The van der Waals surface area contributed by atoms with Crippen LogP contribution in [0.3, 0.4) is 0 Å². The van der Waals surface area contributed by atoms with E-state index in [4.69, 9.17) is 18.9 Å². The number of ether oxygens (including phenoxy) is 4. The Hall–Kier alpha value is -2.27. The maximum Gasteiger partial charge on any atom is 0.218 e. The molecule has 2 N–H and O–H groups in total. The molecular formula is C20H29IN4O4. The van der Waals surface area contributed by atoms with Crippen molar-refractivity contribution in [2.45, 2.75) is 13.1 Å². The first kappa shape index (κ1) is 24.8. The summed E-state index contributed by atoms with van der Waals surface area (Å²) in [7, 11) is 6.60. The number of benzene rings is 1. The predicted molar refractivity (Wildman–Crippen MR) is 124 cm³/mol. The van der Waals surface area contributed by atoms with Crippen molar-refractivity contribution in [3.8, 4) is 17.4 Å². The summed E-state index contributed by atoms with van der Waals surface area (Å²) in [5.41, 5.74) is 1.98. The van der Waals surface area contributed by atoms with Gasteiger partial charge in [-0.25, -0.2) is 4.98 Å². The van der Waals surface area contributed by atoms with Gasteiger partial charge in [0, 0.05) is 39.0 Å². The number of methoxy groups -OCH3 is 3. The van der Waals surface area contributed by atoms with E-state index in [-0.39, 0.29) is 24.0 Å². The molecule has 9 heteroatoms. The van der Waals surface area contributed by atoms with E-state index >= 15 is 0 Å². The van der Waals surface area contributed by atoms with E-state index in [1.54, 1.807) is 34.6 Å². The zero-order valence-corrected chi connectivity index (χ0v) is 19.6. The number of aromatic nitrogens is 1. The van der Waals surface area contributed by atoms with Crippen molar-refractivity contribution in [2.24, 2.45) is 4.99 Å². The minimum absolute atomic E-state index is 0. The fraction of sp³-hybridized carbons (Fsp3) is 0.400. The molecule has 0 amide bonds. The summed E-state index contributed by atoms with van der Waals surface area (Å²) in [6, 6.07) is 9.63. The van der Waals surface area contributed by atoms with Crippen molar-refractivity contribution in [3.63, 3.8) is 0 Å². The number of nitrogens with one attached hydrogen (secondary N) is 2. The van der Waals surface area contributed by atoms with Gasteiger partial charge in [0.2, 0.25) is 5.88 Å². The molecule has 0 atom stereocenters. The molecule has 0 aliphatic carbocycles. The Labute approximate surface area is 189 Å². The van der Waals surface area contributed by atoms with Crippen molar-refractivity contribution in [2.75, 3.05) is 41.6 Å². The lowest BCUT2D eigenvalue weighted by Crippen LogP contribution is -2.36. The van der Waals surface area contributed by atoms with Crippen molar-refractivity contribution in [1.82, 2.24) is 15.6 Å². The average molecular weight is 516 g/mol. The first-order valence-electron chi connectivity index (χ1n) is 8.92. The summed E-state index contributed by atoms with van der Waals surface area (Å²) in [6.07, 6.45) is 1.70. The van der Waals surface area contributed by atoms with E-state index in [9.17, 15) is 0 Å². The normalized spacial score (nSPS) is 10.7. The molecule has 29 heavy (non-hydrogen) atoms. The molecule has 0 saturated heterocycles. The molecule has 1 aromatic carbocycles. The molecule has 0 aliphatic rings. The van der Waals surface area contributed by atoms with Crippen LogP contribution < -0.4 is 24.8 Å². The maximum atomic E-state index is 5.66. The van der Waals surface area contributed by atoms with Crippen LogP contribution in [0.15, 0.2) is 41.5 Å². The smallest absolute Gasteiger partial charge is 0.218 e. The van der Waals surface area contributed by atoms with Gasteiger partial charge >= 0.3 is 0 Å². The average Bonchev–Trinajstić information content (AvgIpc) is 2.74. The maximum absolute atomic E-state index is 5.66. The Morgan fingerprint density at radius 2 is 1.76 bits per heavy atom. The van der Waals surface area contributed by atoms with Gasteiger partial charge < -0.3 is 29.6 Å². The van der Waals surface area contributed by atoms with Crippen LogP contribution in [-0.2, 0) is 17.8 Å². The van der Waals surface area contributed by atoms with Crippen molar-refractivity contribution in [3.05, 3.63) is 47.7 Å². The van der Waals surface area contributed by atoms with Crippen molar-refractivity contribution in [1.29, 1.82) is 0 Å². The molecule has 1 aromatic heterocycles. The Balaban J connectivity index is 0.00000420. The zero-order valence-electron chi connectivity index (χ0n) is 17.2. The third-order valence-corrected chi connectivity index (χ3v) is 3.95. The van der Waals surface area contributed by atoms with E-state index in [0.717, 1.165) is 11.1 Å². The molecular weight excluding hydrogens is 487 g/mol. The van der Waals surface area contributed by atoms with Crippen LogP contribution in [0, 0.1) is 0 Å². The number of hydrogen-bond acceptors (Lipinski definition) is 6. The molecule has 160 valence electrons. The SMILES string of the molecule is CN=C(NCc1ccc(OC)c(OC)c1)NCc1cccnc1OCCOC.I. The molecule has 0 bridgehead atoms. The summed E-state index contributed by atoms with van der Waals surface area (Å²) >= 11 is 0. The van der Waals surface area contributed by atoms with Crippen LogP contribution in [0.4, 0.5) is 0 Å². The molecule has 0 unspecified atom stereocenters. The number of guanidine groups is 1. The summed E-state index contributed by atoms with van der Waals surface area (Å²) in [6.45, 7) is 2.08. The standard InChI is InChI=1S/C20H28N4O4.HI/c1-21-20(23-13-15-7-8-17(26-3)18(12-15)27-4)24-14-16-6-5-9-22-19(16)28-11-10-25-2;/h5-9,12H,10-11,13-14H2,1-4H3,(H2,21,23,24);1H. The number of rotatable bonds is 10. The van der Waals surface area contributed by atoms with Crippen LogP contribution >= 0.6 is 24.0 Å². The molecule has 2 aromatic rings. The third-order valence-electron chi connectivity index (χ3n) is 3.95. The summed E-state index contributed by atoms with van der Waals surface area (Å²) in [5, 5.41) is 6.55. The Bertz CT molecular complexity index is 774. The van der Waals surface area contributed by atoms with Gasteiger partial charge in [0.15, 0.2) is 17.5 Å². The van der Waals surface area contributed by atoms with Gasteiger partial charge in [-0.2, -0.15) is 0 Å². The van der Waals surface area contributed by atoms with Gasteiger partial charge in [0.25, 0.3) is 0 Å². The highest BCUT2D eigenvalue weighted by atomic mass is 127. The molecule has 1 heterocycles. The lowest BCUT2D eigenvalue weighted by molar-refractivity contribution is 0.143. The van der Waals surface area contributed by atoms with E-state index in [1.807, 2.05) is 30.3 Å². The lowest BCUT2D eigenvalue weighted by Gasteiger charge is -2.15. The quantitative estimate of drug-likeness (QED) is 0.217. The van der Waals surface area contributed by atoms with Gasteiger partial charge in [-0.05, 0) is 23.8 Å². The monoisotopic (exact) mass is 516 g/mol. The number of nitrogens with zero attached hydrogens (tertiary/aromatic N) is 2. The van der Waals surface area contributed by atoms with Crippen LogP contribution in [0.5, 0.6) is 17.4 Å². The fourth-order valence-corrected chi connectivity index (χ4v) is 2.49. The van der Waals surface area contributed by atoms with Crippen LogP contribution in [0.2, 0.25) is 0 Å². The molecule has 8 nitrogen and oxygen atoms in total. The van der Waals surface area contributed by atoms with Gasteiger partial charge in [0.05, 0.1) is 20.8 Å². The third kappa shape index (κ3) is 7.94. The highest BCUT2D eigenvalue weighted by molar-refractivity contribution is 14.0. The van der Waals surface area contributed by atoms with Gasteiger partial charge in [-0.1, -0.05) is 12.1 Å². The van der Waals surface area contributed by atoms with E-state index in [1.165, 1.54) is 0 Å². The van der Waals surface area contributed by atoms with Gasteiger partial charge in [0.1, 0.15) is 6.61 Å². The van der Waals surface area contributed by atoms with Crippen LogP contribution in [0.25, 0.3) is 0 Å². The first-order chi connectivity index (χ1) is 13.7. The highest BCUT2D eigenvalue weighted by Gasteiger charge is 2.08. The number of halogens is 1. The van der Waals surface area contributed by atoms with E-state index < -0.39 is 0 Å². The molecule has 0 spiro atoms. The van der Waals surface area contributed by atoms with Gasteiger partial charge in [-0.3, -0.25) is 4.99 Å². The van der Waals surface area contributed by atoms with Gasteiger partial charge in [-0.15, -0.1) is 24.0 Å². The minimum atomic E-state index is 0. The van der Waals surface area contributed by atoms with Crippen LogP contribution in [-0.4, -0.2) is 52.5 Å². The number of pyridine rings is 1. The molecule has 0 aliphatic heterocycles. The summed E-state index contributed by atoms with van der Waals surface area (Å²) in [4.78, 5) is 8.54. The molecule has 0 radical (unpaired) electrons. The Morgan fingerprint density at radius 3 is 2.45 bits per heavy atom. The summed E-state index contributed by atoms with van der Waals surface area (Å²) in [5.74, 6) is 2.65. The fourth-order valence-electron chi connectivity index (χ4n) is 2.49. The second kappa shape index (κ2) is 13.8. The Kier molecular flexibility index (Phi) is 11.8. The second-order valence-electron chi connectivity index (χ2n) is 5.78. The lowest BCUT2D eigenvalue weighted by atomic mass is 10.2. The van der Waals surface area contributed by atoms with E-state index in [2.05, 4.69) is 20.6 Å². The largest absolute Gasteiger partial charge is 0.493 e. The minimum Gasteiger partial charge on any atom is -0.493 e. The second-order valence-corrected chi connectivity index (χ2v) is 5.78. The van der Waals surface area contributed by atoms with Crippen molar-refractivity contribution >= 4 is 29.9 Å². The highest BCUT2D eigenvalue weighted by Crippen LogP contribution is 2.27.